The summed E-state index contributed by atoms with van der Waals surface area (Å²) in [5.74, 6) is 0. The van der Waals surface area contributed by atoms with Crippen LogP contribution in [0.1, 0.15) is 103 Å². The molecule has 1 nitrogen and oxygen atoms in total. The Balaban J connectivity index is 3.01. The Morgan fingerprint density at radius 1 is 0.550 bits per heavy atom. The van der Waals surface area contributed by atoms with Crippen LogP contribution in [0.5, 0.6) is 0 Å². The summed E-state index contributed by atoms with van der Waals surface area (Å²) >= 11 is 0. The predicted octanol–water partition coefficient (Wildman–Crippen LogP) is 6.37. The lowest BCUT2D eigenvalue weighted by Gasteiger charge is -2.00. The topological polar surface area (TPSA) is 26.0 Å². The molecule has 0 aliphatic carbocycles. The Morgan fingerprint density at radius 2 is 0.950 bits per heavy atom. The highest BCUT2D eigenvalue weighted by atomic mass is 14.5. The van der Waals surface area contributed by atoms with Crippen molar-refractivity contribution in [1.29, 1.82) is 0 Å². The molecular weight excluding hydrogens is 242 g/mol. The molecular formula is C19H39N. The number of hydrogen-bond acceptors (Lipinski definition) is 1. The van der Waals surface area contributed by atoms with Gasteiger partial charge in [-0.3, -0.25) is 0 Å². The van der Waals surface area contributed by atoms with Crippen molar-refractivity contribution in [3.8, 4) is 0 Å². The second kappa shape index (κ2) is 18.7. The van der Waals surface area contributed by atoms with E-state index in [1.165, 1.54) is 96.3 Å². The summed E-state index contributed by atoms with van der Waals surface area (Å²) in [7, 11) is 0. The van der Waals surface area contributed by atoms with Crippen LogP contribution in [0.4, 0.5) is 0 Å². The maximum atomic E-state index is 5.48. The fourth-order valence-corrected chi connectivity index (χ4v) is 2.57. The van der Waals surface area contributed by atoms with Gasteiger partial charge in [-0.25, -0.2) is 0 Å². The Morgan fingerprint density at radius 3 is 1.40 bits per heavy atom. The van der Waals surface area contributed by atoms with Gasteiger partial charge in [0.2, 0.25) is 0 Å². The van der Waals surface area contributed by atoms with Crippen molar-refractivity contribution < 1.29 is 0 Å². The molecule has 2 N–H and O–H groups in total. The van der Waals surface area contributed by atoms with Gasteiger partial charge in [-0.05, 0) is 38.6 Å². The molecule has 1 heteroatoms. The first-order valence-corrected chi connectivity index (χ1v) is 9.27. The third-order valence-corrected chi connectivity index (χ3v) is 3.97. The fraction of sp³-hybridized carbons (Fsp3) is 0.895. The van der Waals surface area contributed by atoms with Gasteiger partial charge in [0.1, 0.15) is 0 Å². The van der Waals surface area contributed by atoms with Crippen molar-refractivity contribution in [2.75, 3.05) is 6.54 Å². The van der Waals surface area contributed by atoms with E-state index in [9.17, 15) is 0 Å². The van der Waals surface area contributed by atoms with Crippen molar-refractivity contribution in [3.63, 3.8) is 0 Å². The minimum Gasteiger partial charge on any atom is -0.330 e. The highest BCUT2D eigenvalue weighted by molar-refractivity contribution is 4.81. The van der Waals surface area contributed by atoms with E-state index in [1.807, 2.05) is 0 Å². The van der Waals surface area contributed by atoms with Gasteiger partial charge in [0.15, 0.2) is 0 Å². The molecule has 0 heterocycles. The minimum atomic E-state index is 0.862. The van der Waals surface area contributed by atoms with E-state index in [1.54, 1.807) is 0 Å². The smallest absolute Gasteiger partial charge is 0.00773 e. The zero-order valence-corrected chi connectivity index (χ0v) is 14.0. The zero-order valence-electron chi connectivity index (χ0n) is 14.0. The van der Waals surface area contributed by atoms with E-state index in [0.29, 0.717) is 0 Å². The molecule has 120 valence electrons. The third kappa shape index (κ3) is 17.7. The lowest BCUT2D eigenvalue weighted by Crippen LogP contribution is -1.97. The van der Waals surface area contributed by atoms with E-state index in [2.05, 4.69) is 19.1 Å². The van der Waals surface area contributed by atoms with Crippen molar-refractivity contribution in [1.82, 2.24) is 0 Å². The number of rotatable bonds is 16. The standard InChI is InChI=1S/C19H39N/c1-2-3-4-5-6-7-8-9-10-11-12-13-14-15-16-17-18-19-20/h10-11H,2-9,12-20H2,1H3/b11-10-. The second-order valence-electron chi connectivity index (χ2n) is 6.08. The quantitative estimate of drug-likeness (QED) is 0.258. The maximum absolute atomic E-state index is 5.48. The molecule has 0 fully saturated rings. The van der Waals surface area contributed by atoms with Crippen LogP contribution < -0.4 is 5.73 Å². The SMILES string of the molecule is CCCCCCCCC/C=C\CCCCCCCCN. The average Bonchev–Trinajstić information content (AvgIpc) is 2.47. The number of hydrogen-bond donors (Lipinski definition) is 1. The molecule has 0 aromatic heterocycles. The van der Waals surface area contributed by atoms with Gasteiger partial charge in [0.05, 0.1) is 0 Å². The molecule has 0 saturated carbocycles. The molecule has 0 aromatic carbocycles. The molecule has 0 aliphatic rings. The van der Waals surface area contributed by atoms with Crippen LogP contribution in [0.25, 0.3) is 0 Å². The first-order valence-electron chi connectivity index (χ1n) is 9.27. The van der Waals surface area contributed by atoms with Crippen molar-refractivity contribution in [3.05, 3.63) is 12.2 Å². The first kappa shape index (κ1) is 19.7. The molecule has 0 radical (unpaired) electrons. The Hall–Kier alpha value is -0.300. The van der Waals surface area contributed by atoms with Gasteiger partial charge < -0.3 is 5.73 Å². The van der Waals surface area contributed by atoms with Crippen LogP contribution in [0, 0.1) is 0 Å². The molecule has 0 bridgehead atoms. The summed E-state index contributed by atoms with van der Waals surface area (Å²) in [5.41, 5.74) is 5.48. The van der Waals surface area contributed by atoms with Crippen LogP contribution in [0.3, 0.4) is 0 Å². The average molecular weight is 282 g/mol. The summed E-state index contributed by atoms with van der Waals surface area (Å²) < 4.78 is 0. The Labute approximate surface area is 128 Å². The van der Waals surface area contributed by atoms with E-state index in [-0.39, 0.29) is 0 Å². The van der Waals surface area contributed by atoms with Gasteiger partial charge in [0, 0.05) is 0 Å². The fourth-order valence-electron chi connectivity index (χ4n) is 2.57. The van der Waals surface area contributed by atoms with Crippen molar-refractivity contribution in [2.45, 2.75) is 103 Å². The van der Waals surface area contributed by atoms with E-state index in [0.717, 1.165) is 6.54 Å². The molecule has 0 saturated heterocycles. The molecule has 0 aliphatic heterocycles. The number of unbranched alkanes of at least 4 members (excludes halogenated alkanes) is 13. The highest BCUT2D eigenvalue weighted by Gasteiger charge is 1.90. The van der Waals surface area contributed by atoms with Crippen LogP contribution in [0.15, 0.2) is 12.2 Å². The Kier molecular flexibility index (Phi) is 18.4. The van der Waals surface area contributed by atoms with E-state index < -0.39 is 0 Å². The largest absolute Gasteiger partial charge is 0.330 e. The summed E-state index contributed by atoms with van der Waals surface area (Å²) in [4.78, 5) is 0. The van der Waals surface area contributed by atoms with Gasteiger partial charge in [-0.2, -0.15) is 0 Å². The van der Waals surface area contributed by atoms with Crippen LogP contribution in [0.2, 0.25) is 0 Å². The van der Waals surface area contributed by atoms with E-state index in [4.69, 9.17) is 5.73 Å². The molecule has 0 unspecified atom stereocenters. The summed E-state index contributed by atoms with van der Waals surface area (Å²) in [6.45, 7) is 3.15. The van der Waals surface area contributed by atoms with E-state index >= 15 is 0 Å². The normalized spacial score (nSPS) is 11.5. The van der Waals surface area contributed by atoms with Gasteiger partial charge in [-0.1, -0.05) is 83.3 Å². The number of allylic oxidation sites excluding steroid dienone is 2. The van der Waals surface area contributed by atoms with Crippen molar-refractivity contribution in [2.24, 2.45) is 5.73 Å². The molecule has 0 amide bonds. The van der Waals surface area contributed by atoms with Gasteiger partial charge in [-0.15, -0.1) is 0 Å². The monoisotopic (exact) mass is 281 g/mol. The van der Waals surface area contributed by atoms with Crippen LogP contribution in [-0.4, -0.2) is 6.54 Å². The molecule has 0 aromatic rings. The third-order valence-electron chi connectivity index (χ3n) is 3.97. The minimum absolute atomic E-state index is 0.862. The lowest BCUT2D eigenvalue weighted by atomic mass is 10.1. The van der Waals surface area contributed by atoms with Crippen molar-refractivity contribution >= 4 is 0 Å². The maximum Gasteiger partial charge on any atom is -0.00773 e. The molecule has 20 heavy (non-hydrogen) atoms. The number of nitrogens with two attached hydrogens (primary N) is 1. The highest BCUT2D eigenvalue weighted by Crippen LogP contribution is 2.10. The zero-order chi connectivity index (χ0) is 14.7. The molecule has 0 atom stereocenters. The van der Waals surface area contributed by atoms with Crippen LogP contribution in [-0.2, 0) is 0 Å². The van der Waals surface area contributed by atoms with Gasteiger partial charge in [0.25, 0.3) is 0 Å². The molecule has 0 rings (SSSR count). The van der Waals surface area contributed by atoms with Gasteiger partial charge >= 0.3 is 0 Å². The summed E-state index contributed by atoms with van der Waals surface area (Å²) in [6, 6.07) is 0. The second-order valence-corrected chi connectivity index (χ2v) is 6.08. The summed E-state index contributed by atoms with van der Waals surface area (Å²) in [5, 5.41) is 0. The first-order chi connectivity index (χ1) is 9.91. The summed E-state index contributed by atoms with van der Waals surface area (Å²) in [6.07, 6.45) is 25.4. The van der Waals surface area contributed by atoms with Crippen LogP contribution >= 0.6 is 0 Å². The molecule has 0 spiro atoms. The lowest BCUT2D eigenvalue weighted by molar-refractivity contribution is 0.590. The Bertz CT molecular complexity index is 166. The predicted molar refractivity (Wildman–Crippen MR) is 93.1 cm³/mol.